The zero-order chi connectivity index (χ0) is 15.5. The first kappa shape index (κ1) is 14.2. The zero-order valence-corrected chi connectivity index (χ0v) is 13.6. The lowest BCUT2D eigenvalue weighted by Gasteiger charge is -2.65. The van der Waals surface area contributed by atoms with Gasteiger partial charge in [-0.3, -0.25) is 14.6 Å². The molecule has 0 spiro atoms. The van der Waals surface area contributed by atoms with Gasteiger partial charge in [-0.25, -0.2) is 0 Å². The molecular weight excluding hydrogens is 276 g/mol. The molecule has 0 aromatic heterocycles. The van der Waals surface area contributed by atoms with E-state index in [-0.39, 0.29) is 10.8 Å². The molecule has 0 saturated carbocycles. The van der Waals surface area contributed by atoms with E-state index >= 15 is 0 Å². The van der Waals surface area contributed by atoms with Crippen molar-refractivity contribution in [3.63, 3.8) is 0 Å². The summed E-state index contributed by atoms with van der Waals surface area (Å²) < 4.78 is 5.27. The Morgan fingerprint density at radius 3 is 2.23 bits per heavy atom. The molecule has 4 heteroatoms. The van der Waals surface area contributed by atoms with Gasteiger partial charge in [0.15, 0.2) is 0 Å². The Kier molecular flexibility index (Phi) is 2.94. The highest BCUT2D eigenvalue weighted by Crippen LogP contribution is 2.53. The molecule has 0 radical (unpaired) electrons. The number of ketones is 1. The lowest BCUT2D eigenvalue weighted by Crippen LogP contribution is -2.75. The van der Waals surface area contributed by atoms with Gasteiger partial charge in [-0.05, 0) is 24.1 Å². The molecule has 2 unspecified atom stereocenters. The summed E-state index contributed by atoms with van der Waals surface area (Å²) in [5, 5.41) is 0. The minimum atomic E-state index is -0.185. The van der Waals surface area contributed by atoms with Crippen molar-refractivity contribution in [3.05, 3.63) is 29.8 Å². The number of methoxy groups -OCH3 is 1. The third kappa shape index (κ3) is 1.74. The van der Waals surface area contributed by atoms with E-state index in [1.165, 1.54) is 5.56 Å². The highest BCUT2D eigenvalue weighted by atomic mass is 16.5. The number of carbonyl (C=O) groups is 1. The molecule has 4 bridgehead atoms. The molecule has 4 heterocycles. The first-order chi connectivity index (χ1) is 10.5. The SMILES string of the molecule is CCC12CN3CC(C)(CN(C1)C3c1ccc(OC)cc1)C2=O. The van der Waals surface area contributed by atoms with Crippen LogP contribution in [0.15, 0.2) is 24.3 Å². The van der Waals surface area contributed by atoms with E-state index < -0.39 is 0 Å². The Morgan fingerprint density at radius 2 is 1.73 bits per heavy atom. The van der Waals surface area contributed by atoms with Crippen LogP contribution in [0.5, 0.6) is 5.75 Å². The van der Waals surface area contributed by atoms with Crippen LogP contribution in [-0.4, -0.2) is 48.9 Å². The number of Topliss-reactive ketones (excluding diaryl/α,β-unsaturated/α-hetero) is 1. The number of hydrogen-bond donors (Lipinski definition) is 0. The summed E-state index contributed by atoms with van der Waals surface area (Å²) in [7, 11) is 1.70. The normalized spacial score (nSPS) is 42.7. The van der Waals surface area contributed by atoms with Gasteiger partial charge in [0.2, 0.25) is 0 Å². The van der Waals surface area contributed by atoms with Gasteiger partial charge in [0.05, 0.1) is 24.1 Å². The molecule has 1 aromatic carbocycles. The van der Waals surface area contributed by atoms with Crippen LogP contribution >= 0.6 is 0 Å². The molecule has 4 aliphatic heterocycles. The summed E-state index contributed by atoms with van der Waals surface area (Å²) in [6, 6.07) is 8.39. The number of piperidine rings is 2. The number of benzene rings is 1. The molecule has 5 rings (SSSR count). The van der Waals surface area contributed by atoms with Crippen molar-refractivity contribution in [3.8, 4) is 5.75 Å². The van der Waals surface area contributed by atoms with E-state index in [4.69, 9.17) is 4.74 Å². The molecule has 4 fully saturated rings. The van der Waals surface area contributed by atoms with E-state index in [0.29, 0.717) is 11.9 Å². The van der Waals surface area contributed by atoms with Crippen LogP contribution in [0.2, 0.25) is 0 Å². The van der Waals surface area contributed by atoms with Gasteiger partial charge in [-0.1, -0.05) is 26.0 Å². The van der Waals surface area contributed by atoms with E-state index in [2.05, 4.69) is 35.8 Å². The molecular formula is C18H24N2O2. The predicted octanol–water partition coefficient (Wildman–Crippen LogP) is 2.31. The Labute approximate surface area is 132 Å². The largest absolute Gasteiger partial charge is 0.497 e. The Hall–Kier alpha value is -1.39. The first-order valence-electron chi connectivity index (χ1n) is 8.18. The van der Waals surface area contributed by atoms with Crippen molar-refractivity contribution in [1.82, 2.24) is 9.80 Å². The van der Waals surface area contributed by atoms with Crippen LogP contribution in [0.1, 0.15) is 32.0 Å². The quantitative estimate of drug-likeness (QED) is 0.857. The summed E-state index contributed by atoms with van der Waals surface area (Å²) in [5.41, 5.74) is 0.978. The van der Waals surface area contributed by atoms with E-state index in [0.717, 1.165) is 38.3 Å². The fourth-order valence-corrected chi connectivity index (χ4v) is 4.97. The van der Waals surface area contributed by atoms with Crippen LogP contribution in [0.3, 0.4) is 0 Å². The van der Waals surface area contributed by atoms with Crippen molar-refractivity contribution in [2.45, 2.75) is 26.4 Å². The highest BCUT2D eigenvalue weighted by molar-refractivity contribution is 5.93. The van der Waals surface area contributed by atoms with E-state index in [9.17, 15) is 4.79 Å². The molecule has 4 saturated heterocycles. The van der Waals surface area contributed by atoms with Gasteiger partial charge in [0.25, 0.3) is 0 Å². The Balaban J connectivity index is 1.70. The van der Waals surface area contributed by atoms with Crippen molar-refractivity contribution in [1.29, 1.82) is 0 Å². The second kappa shape index (κ2) is 4.56. The molecule has 2 atom stereocenters. The second-order valence-corrected chi connectivity index (χ2v) is 7.48. The highest BCUT2D eigenvalue weighted by Gasteiger charge is 2.63. The molecule has 4 nitrogen and oxygen atoms in total. The van der Waals surface area contributed by atoms with Gasteiger partial charge in [0, 0.05) is 26.2 Å². The van der Waals surface area contributed by atoms with Gasteiger partial charge in [-0.15, -0.1) is 0 Å². The van der Waals surface area contributed by atoms with Crippen LogP contribution in [-0.2, 0) is 4.79 Å². The topological polar surface area (TPSA) is 32.8 Å². The second-order valence-electron chi connectivity index (χ2n) is 7.48. The predicted molar refractivity (Wildman–Crippen MR) is 84.7 cm³/mol. The summed E-state index contributed by atoms with van der Waals surface area (Å²) in [4.78, 5) is 17.9. The fraction of sp³-hybridized carbons (Fsp3) is 0.611. The van der Waals surface area contributed by atoms with Crippen molar-refractivity contribution in [2.75, 3.05) is 33.3 Å². The summed E-state index contributed by atoms with van der Waals surface area (Å²) in [6.07, 6.45) is 1.26. The maximum Gasteiger partial charge on any atom is 0.150 e. The number of hydrogen-bond acceptors (Lipinski definition) is 4. The number of ether oxygens (including phenoxy) is 1. The molecule has 0 amide bonds. The van der Waals surface area contributed by atoms with Crippen LogP contribution in [0.25, 0.3) is 0 Å². The van der Waals surface area contributed by atoms with Gasteiger partial charge in [-0.2, -0.15) is 0 Å². The van der Waals surface area contributed by atoms with Crippen LogP contribution < -0.4 is 4.74 Å². The Morgan fingerprint density at radius 1 is 1.14 bits per heavy atom. The number of carbonyl (C=O) groups excluding carboxylic acids is 1. The van der Waals surface area contributed by atoms with Gasteiger partial charge < -0.3 is 4.74 Å². The average Bonchev–Trinajstić information content (AvgIpc) is 2.52. The van der Waals surface area contributed by atoms with Crippen molar-refractivity contribution >= 4 is 5.78 Å². The minimum absolute atomic E-state index is 0.145. The van der Waals surface area contributed by atoms with Crippen molar-refractivity contribution in [2.24, 2.45) is 10.8 Å². The van der Waals surface area contributed by atoms with Gasteiger partial charge >= 0.3 is 0 Å². The first-order valence-corrected chi connectivity index (χ1v) is 8.18. The molecule has 0 aliphatic carbocycles. The summed E-state index contributed by atoms with van der Waals surface area (Å²) >= 11 is 0. The lowest BCUT2D eigenvalue weighted by atomic mass is 9.60. The molecule has 4 aliphatic rings. The monoisotopic (exact) mass is 300 g/mol. The summed E-state index contributed by atoms with van der Waals surface area (Å²) in [6.45, 7) is 7.92. The standard InChI is InChI=1S/C18H24N2O2/c1-4-18-11-19-9-17(2,16(18)21)10-20(12-18)15(19)13-5-7-14(22-3)8-6-13/h5-8,15H,4,9-12H2,1-3H3. The Bertz CT molecular complexity index is 594. The molecule has 1 aromatic rings. The third-order valence-corrected chi connectivity index (χ3v) is 5.93. The number of nitrogens with zero attached hydrogens (tertiary/aromatic N) is 2. The smallest absolute Gasteiger partial charge is 0.150 e. The number of rotatable bonds is 3. The third-order valence-electron chi connectivity index (χ3n) is 5.93. The molecule has 0 N–H and O–H groups in total. The lowest BCUT2D eigenvalue weighted by molar-refractivity contribution is -0.200. The fourth-order valence-electron chi connectivity index (χ4n) is 4.97. The average molecular weight is 300 g/mol. The maximum atomic E-state index is 12.9. The minimum Gasteiger partial charge on any atom is -0.497 e. The van der Waals surface area contributed by atoms with E-state index in [1.807, 2.05) is 12.1 Å². The maximum absolute atomic E-state index is 12.9. The van der Waals surface area contributed by atoms with Gasteiger partial charge in [0.1, 0.15) is 11.5 Å². The van der Waals surface area contributed by atoms with E-state index in [1.54, 1.807) is 7.11 Å². The van der Waals surface area contributed by atoms with Crippen LogP contribution in [0.4, 0.5) is 0 Å². The molecule has 22 heavy (non-hydrogen) atoms. The van der Waals surface area contributed by atoms with Crippen LogP contribution in [0, 0.1) is 10.8 Å². The summed E-state index contributed by atoms with van der Waals surface area (Å²) in [5.74, 6) is 1.40. The molecule has 118 valence electrons. The van der Waals surface area contributed by atoms with Crippen molar-refractivity contribution < 1.29 is 9.53 Å². The zero-order valence-electron chi connectivity index (χ0n) is 13.6.